The number of hydrogen-bond donors (Lipinski definition) is 4. The van der Waals surface area contributed by atoms with Gasteiger partial charge in [0.1, 0.15) is 25.3 Å². The van der Waals surface area contributed by atoms with Crippen LogP contribution in [0, 0.1) is 5.92 Å². The molecule has 1 aliphatic carbocycles. The van der Waals surface area contributed by atoms with E-state index in [1.165, 1.54) is 29.2 Å². The van der Waals surface area contributed by atoms with Crippen LogP contribution >= 0.6 is 23.1 Å². The fourth-order valence-corrected chi connectivity index (χ4v) is 10.8. The van der Waals surface area contributed by atoms with Gasteiger partial charge in [0.25, 0.3) is 0 Å². The molecule has 4 atom stereocenters. The Morgan fingerprint density at radius 2 is 1.24 bits per heavy atom. The maximum absolute atomic E-state index is 14.8. The Bertz CT molecular complexity index is 2410. The molecular weight excluding hydrogens is 867 g/mol. The lowest BCUT2D eigenvalue weighted by molar-refractivity contribution is -0.145. The number of carbonyl (C=O) groups is 4. The number of hydrogen-bond acceptors (Lipinski definition) is 9. The third-order valence-electron chi connectivity index (χ3n) is 11.8. The van der Waals surface area contributed by atoms with Crippen molar-refractivity contribution < 1.29 is 33.8 Å². The van der Waals surface area contributed by atoms with Crippen LogP contribution in [0.1, 0.15) is 59.6 Å². The topological polar surface area (TPSA) is 143 Å². The summed E-state index contributed by atoms with van der Waals surface area (Å²) in [6.07, 6.45) is -0.873. The maximum atomic E-state index is 14.8. The zero-order valence-corrected chi connectivity index (χ0v) is 38.6. The van der Waals surface area contributed by atoms with Crippen molar-refractivity contribution in [3.05, 3.63) is 202 Å². The Hall–Kier alpha value is -6.47. The highest BCUT2D eigenvalue weighted by molar-refractivity contribution is 8.00. The quantitative estimate of drug-likeness (QED) is 0.0319. The van der Waals surface area contributed by atoms with Gasteiger partial charge < -0.3 is 30.5 Å². The number of amides is 3. The van der Waals surface area contributed by atoms with E-state index in [1.807, 2.05) is 158 Å². The van der Waals surface area contributed by atoms with E-state index in [1.54, 1.807) is 0 Å². The number of aliphatic hydroxyl groups excluding tert-OH is 1. The summed E-state index contributed by atoms with van der Waals surface area (Å²) in [4.78, 5) is 56.0. The monoisotopic (exact) mass is 921 g/mol. The number of esters is 1. The van der Waals surface area contributed by atoms with Gasteiger partial charge in [0.05, 0.1) is 23.3 Å². The highest BCUT2D eigenvalue weighted by atomic mass is 32.2. The summed E-state index contributed by atoms with van der Waals surface area (Å²) in [5.41, 5.74) is 7.99. The van der Waals surface area contributed by atoms with Crippen molar-refractivity contribution >= 4 is 47.0 Å². The Morgan fingerprint density at radius 1 is 0.712 bits per heavy atom. The molecule has 10 nitrogen and oxygen atoms in total. The van der Waals surface area contributed by atoms with E-state index < -0.39 is 52.9 Å². The van der Waals surface area contributed by atoms with Crippen LogP contribution in [0.15, 0.2) is 169 Å². The molecule has 7 rings (SSSR count). The van der Waals surface area contributed by atoms with E-state index in [9.17, 15) is 24.3 Å². The van der Waals surface area contributed by atoms with E-state index >= 15 is 0 Å². The molecule has 66 heavy (non-hydrogen) atoms. The predicted octanol–water partition coefficient (Wildman–Crippen LogP) is 9.03. The Labute approximate surface area is 394 Å². The molecule has 0 fully saturated rings. The maximum Gasteiger partial charge on any atom is 0.407 e. The van der Waals surface area contributed by atoms with Crippen molar-refractivity contribution in [1.82, 2.24) is 16.0 Å². The zero-order chi connectivity index (χ0) is 46.5. The summed E-state index contributed by atoms with van der Waals surface area (Å²) in [7, 11) is 0. The van der Waals surface area contributed by atoms with Gasteiger partial charge in [-0.25, -0.2) is 4.79 Å². The zero-order valence-electron chi connectivity index (χ0n) is 37.0. The molecule has 0 saturated heterocycles. The minimum Gasteiger partial charge on any atom is -0.461 e. The predicted molar refractivity (Wildman–Crippen MR) is 262 cm³/mol. The molecule has 4 N–H and O–H groups in total. The highest BCUT2D eigenvalue weighted by Gasteiger charge is 2.40. The molecule has 5 aromatic carbocycles. The lowest BCUT2D eigenvalue weighted by atomic mass is 9.84. The second-order valence-electron chi connectivity index (χ2n) is 16.5. The van der Waals surface area contributed by atoms with Gasteiger partial charge in [-0.3, -0.25) is 14.4 Å². The van der Waals surface area contributed by atoms with Crippen molar-refractivity contribution in [2.75, 3.05) is 19.0 Å². The molecule has 0 bridgehead atoms. The first-order valence-electron chi connectivity index (χ1n) is 22.1. The Kier molecular flexibility index (Phi) is 16.3. The van der Waals surface area contributed by atoms with E-state index in [0.717, 1.165) is 44.5 Å². The minimum atomic E-state index is -1.30. The average Bonchev–Trinajstić information content (AvgIpc) is 3.98. The molecule has 0 saturated carbocycles. The molecule has 0 unspecified atom stereocenters. The standard InChI is InChI=1S/C54H55N3O7S2/c1-4-29-63-49(59)32-48(58)50(36(2)3)57-52(61)47(35-66-54(38-18-8-5-9-19-38,39-20-10-6-11-21-39)40-22-12-7-13-23-40)55-51(60)46(31-37-28-30-65-34-37)56-53(62)64-33-45-43-26-16-14-24-41(43)42-25-15-17-27-44(42)45/h4-28,30,34,36,45-48,50,58H,1,29,31-33,35H2,2-3H3,(H,55,60)(H,56,62)(H,57,61)/t46-,47-,48+,50-/m1/s1. The number of ether oxygens (including phenoxy) is 2. The van der Waals surface area contributed by atoms with Gasteiger partial charge in [0.15, 0.2) is 0 Å². The first-order valence-corrected chi connectivity index (χ1v) is 24.0. The molecule has 1 aliphatic rings. The van der Waals surface area contributed by atoms with Crippen LogP contribution in [0.2, 0.25) is 0 Å². The molecular formula is C54H55N3O7S2. The van der Waals surface area contributed by atoms with Gasteiger partial charge >= 0.3 is 12.1 Å². The summed E-state index contributed by atoms with van der Waals surface area (Å²) in [6, 6.07) is 44.8. The van der Waals surface area contributed by atoms with Crippen LogP contribution in [0.3, 0.4) is 0 Å². The van der Waals surface area contributed by atoms with Gasteiger partial charge in [-0.1, -0.05) is 166 Å². The van der Waals surface area contributed by atoms with E-state index in [2.05, 4.69) is 34.7 Å². The van der Waals surface area contributed by atoms with Crippen molar-refractivity contribution in [2.24, 2.45) is 5.92 Å². The lowest BCUT2D eigenvalue weighted by Gasteiger charge is -2.37. The van der Waals surface area contributed by atoms with Crippen LogP contribution in [0.25, 0.3) is 11.1 Å². The molecule has 1 aromatic heterocycles. The van der Waals surface area contributed by atoms with Gasteiger partial charge in [-0.15, -0.1) is 11.8 Å². The smallest absolute Gasteiger partial charge is 0.407 e. The van der Waals surface area contributed by atoms with Gasteiger partial charge in [0.2, 0.25) is 11.8 Å². The normalized spacial score (nSPS) is 13.9. The second kappa shape index (κ2) is 22.6. The van der Waals surface area contributed by atoms with Crippen molar-refractivity contribution in [2.45, 2.75) is 61.6 Å². The van der Waals surface area contributed by atoms with Crippen molar-refractivity contribution in [3.8, 4) is 11.1 Å². The average molecular weight is 922 g/mol. The van der Waals surface area contributed by atoms with Crippen molar-refractivity contribution in [3.63, 3.8) is 0 Å². The van der Waals surface area contributed by atoms with Crippen LogP contribution in [-0.2, 0) is 35.0 Å². The van der Waals surface area contributed by atoms with Crippen LogP contribution in [-0.4, -0.2) is 72.2 Å². The number of thioether (sulfide) groups is 1. The van der Waals surface area contributed by atoms with Crippen LogP contribution in [0.5, 0.6) is 0 Å². The Balaban J connectivity index is 1.19. The molecule has 6 aromatic rings. The number of alkyl carbamates (subject to hydrolysis) is 1. The molecule has 0 radical (unpaired) electrons. The third-order valence-corrected chi connectivity index (χ3v) is 14.2. The highest BCUT2D eigenvalue weighted by Crippen LogP contribution is 2.49. The molecule has 0 aliphatic heterocycles. The molecule has 0 spiro atoms. The summed E-state index contributed by atoms with van der Waals surface area (Å²) in [6.45, 7) is 7.26. The lowest BCUT2D eigenvalue weighted by Crippen LogP contribution is -2.58. The second-order valence-corrected chi connectivity index (χ2v) is 18.5. The van der Waals surface area contributed by atoms with E-state index in [-0.39, 0.29) is 43.6 Å². The Morgan fingerprint density at radius 3 is 1.76 bits per heavy atom. The number of benzene rings is 5. The number of fused-ring (bicyclic) bond motifs is 3. The third kappa shape index (κ3) is 11.3. The fourth-order valence-electron chi connectivity index (χ4n) is 8.55. The molecule has 3 amide bonds. The van der Waals surface area contributed by atoms with Crippen molar-refractivity contribution in [1.29, 1.82) is 0 Å². The fraction of sp³-hybridized carbons (Fsp3) is 0.259. The summed E-state index contributed by atoms with van der Waals surface area (Å²) in [5.74, 6) is -2.28. The van der Waals surface area contributed by atoms with Gasteiger partial charge in [-0.2, -0.15) is 11.3 Å². The summed E-state index contributed by atoms with van der Waals surface area (Å²) in [5, 5.41) is 24.0. The van der Waals surface area contributed by atoms with Gasteiger partial charge in [-0.05, 0) is 67.3 Å². The summed E-state index contributed by atoms with van der Waals surface area (Å²) >= 11 is 2.95. The SMILES string of the molecule is C=CCOC(=O)C[C@H](O)[C@H](NC(=O)[C@@H](CSC(c1ccccc1)(c1ccccc1)c1ccccc1)NC(=O)[C@@H](Cc1ccsc1)NC(=O)OCC1c2ccccc2-c2ccccc21)C(C)C. The number of thiophene rings is 1. The number of carbonyl (C=O) groups excluding carboxylic acids is 4. The first kappa shape index (κ1) is 47.5. The van der Waals surface area contributed by atoms with Gasteiger partial charge in [0, 0.05) is 18.1 Å². The van der Waals surface area contributed by atoms with Crippen LogP contribution in [0.4, 0.5) is 4.79 Å². The number of nitrogens with one attached hydrogen (secondary N) is 3. The van der Waals surface area contributed by atoms with Crippen LogP contribution < -0.4 is 16.0 Å². The van der Waals surface area contributed by atoms with E-state index in [0.29, 0.717) is 0 Å². The molecule has 1 heterocycles. The number of rotatable bonds is 21. The summed E-state index contributed by atoms with van der Waals surface area (Å²) < 4.78 is 10.2. The minimum absolute atomic E-state index is 0.0157. The molecule has 340 valence electrons. The van der Waals surface area contributed by atoms with E-state index in [4.69, 9.17) is 9.47 Å². The largest absolute Gasteiger partial charge is 0.461 e. The first-order chi connectivity index (χ1) is 32.1. The number of aliphatic hydroxyl groups is 1. The molecule has 12 heteroatoms.